The third kappa shape index (κ3) is 2.25. The second-order valence-electron chi connectivity index (χ2n) is 6.07. The van der Waals surface area contributed by atoms with Crippen LogP contribution in [0.25, 0.3) is 0 Å². The van der Waals surface area contributed by atoms with Crippen molar-refractivity contribution >= 4 is 5.82 Å². The molecule has 2 aliphatic rings. The molecule has 3 heterocycles. The quantitative estimate of drug-likeness (QED) is 0.895. The van der Waals surface area contributed by atoms with Crippen LogP contribution < -0.4 is 4.90 Å². The number of fused-ring (bicyclic) bond motifs is 1. The minimum absolute atomic E-state index is 0.114. The monoisotopic (exact) mass is 301 g/mol. The minimum atomic E-state index is -0.411. The van der Waals surface area contributed by atoms with E-state index in [2.05, 4.69) is 25.0 Å². The predicted molar refractivity (Wildman–Crippen MR) is 78.4 cm³/mol. The van der Waals surface area contributed by atoms with Crippen molar-refractivity contribution in [1.29, 1.82) is 0 Å². The highest BCUT2D eigenvalue weighted by Gasteiger charge is 2.38. The Hall–Kier alpha value is -2.02. The molecule has 0 radical (unpaired) electrons. The number of hydrogen-bond donors (Lipinski definition) is 1. The number of aliphatic hydroxyl groups excluding tert-OH is 1. The number of rotatable bonds is 2. The van der Waals surface area contributed by atoms with Gasteiger partial charge in [0, 0.05) is 24.2 Å². The third-order valence-corrected chi connectivity index (χ3v) is 4.48. The van der Waals surface area contributed by atoms with Crippen LogP contribution in [0, 0.1) is 6.92 Å². The Balaban J connectivity index is 1.74. The molecule has 1 aliphatic carbocycles. The summed E-state index contributed by atoms with van der Waals surface area (Å²) in [5, 5.41) is 14.0. The van der Waals surface area contributed by atoms with Crippen LogP contribution in [0.1, 0.15) is 48.3 Å². The van der Waals surface area contributed by atoms with Gasteiger partial charge in [0.2, 0.25) is 5.89 Å². The van der Waals surface area contributed by atoms with E-state index < -0.39 is 6.10 Å². The zero-order valence-electron chi connectivity index (χ0n) is 12.6. The average Bonchev–Trinajstić information content (AvgIpc) is 3.12. The maximum Gasteiger partial charge on any atom is 0.249 e. The number of aryl methyl sites for hydroxylation is 2. The van der Waals surface area contributed by atoms with E-state index in [1.165, 1.54) is 12.0 Å². The second kappa shape index (κ2) is 5.31. The van der Waals surface area contributed by atoms with Crippen LogP contribution in [0.2, 0.25) is 0 Å². The highest BCUT2D eigenvalue weighted by atomic mass is 16.5. The van der Waals surface area contributed by atoms with Gasteiger partial charge in [0.25, 0.3) is 0 Å². The normalized spacial score (nSPS) is 24.5. The van der Waals surface area contributed by atoms with E-state index in [1.54, 1.807) is 13.3 Å². The Morgan fingerprint density at radius 1 is 1.27 bits per heavy atom. The maximum atomic E-state index is 10.1. The number of aliphatic hydroxyl groups is 1. The lowest BCUT2D eigenvalue weighted by Crippen LogP contribution is -2.28. The molecule has 2 aromatic heterocycles. The molecule has 2 aromatic rings. The fraction of sp³-hybridized carbons (Fsp3) is 0.600. The molecule has 1 saturated heterocycles. The summed E-state index contributed by atoms with van der Waals surface area (Å²) in [6, 6.07) is -0.114. The number of nitrogens with zero attached hydrogens (tertiary/aromatic N) is 5. The molecule has 7 heteroatoms. The Bertz CT molecular complexity index is 686. The third-order valence-electron chi connectivity index (χ3n) is 4.48. The summed E-state index contributed by atoms with van der Waals surface area (Å²) in [6.45, 7) is 2.34. The van der Waals surface area contributed by atoms with Crippen molar-refractivity contribution in [3.63, 3.8) is 0 Å². The Morgan fingerprint density at radius 2 is 2.14 bits per heavy atom. The molecule has 22 heavy (non-hydrogen) atoms. The van der Waals surface area contributed by atoms with Gasteiger partial charge in [0.15, 0.2) is 5.82 Å². The van der Waals surface area contributed by atoms with Gasteiger partial charge < -0.3 is 14.5 Å². The molecule has 1 aliphatic heterocycles. The summed E-state index contributed by atoms with van der Waals surface area (Å²) in [5.74, 6) is 2.08. The molecule has 0 unspecified atom stereocenters. The molecular weight excluding hydrogens is 282 g/mol. The van der Waals surface area contributed by atoms with Gasteiger partial charge in [-0.05, 0) is 32.6 Å². The van der Waals surface area contributed by atoms with E-state index in [1.807, 2.05) is 0 Å². The summed E-state index contributed by atoms with van der Waals surface area (Å²) in [5.41, 5.74) is 2.35. The van der Waals surface area contributed by atoms with Gasteiger partial charge in [0.05, 0.1) is 6.10 Å². The summed E-state index contributed by atoms with van der Waals surface area (Å²) in [4.78, 5) is 15.4. The van der Waals surface area contributed by atoms with E-state index >= 15 is 0 Å². The highest BCUT2D eigenvalue weighted by molar-refractivity contribution is 5.52. The Kier molecular flexibility index (Phi) is 3.29. The van der Waals surface area contributed by atoms with Crippen LogP contribution in [0.3, 0.4) is 0 Å². The van der Waals surface area contributed by atoms with Crippen molar-refractivity contribution in [2.75, 3.05) is 11.4 Å². The van der Waals surface area contributed by atoms with Crippen LogP contribution in [0.4, 0.5) is 5.82 Å². The summed E-state index contributed by atoms with van der Waals surface area (Å²) in [7, 11) is 0. The lowest BCUT2D eigenvalue weighted by Gasteiger charge is -2.27. The van der Waals surface area contributed by atoms with E-state index in [9.17, 15) is 5.11 Å². The molecule has 1 fully saturated rings. The number of hydrogen-bond acceptors (Lipinski definition) is 7. The predicted octanol–water partition coefficient (Wildman–Crippen LogP) is 1.36. The van der Waals surface area contributed by atoms with Crippen molar-refractivity contribution in [3.05, 3.63) is 29.3 Å². The smallest absolute Gasteiger partial charge is 0.249 e. The molecule has 0 amide bonds. The number of aromatic nitrogens is 4. The fourth-order valence-corrected chi connectivity index (χ4v) is 3.48. The molecule has 116 valence electrons. The van der Waals surface area contributed by atoms with Crippen LogP contribution in [-0.2, 0) is 12.8 Å². The molecule has 0 aromatic carbocycles. The zero-order valence-corrected chi connectivity index (χ0v) is 12.6. The number of anilines is 1. The Morgan fingerprint density at radius 3 is 2.95 bits per heavy atom. The first kappa shape index (κ1) is 13.6. The first-order valence-electron chi connectivity index (χ1n) is 7.80. The fourth-order valence-electron chi connectivity index (χ4n) is 3.48. The molecule has 0 spiro atoms. The van der Waals surface area contributed by atoms with Gasteiger partial charge >= 0.3 is 0 Å². The van der Waals surface area contributed by atoms with E-state index in [0.717, 1.165) is 30.8 Å². The summed E-state index contributed by atoms with van der Waals surface area (Å²) < 4.78 is 5.34. The molecule has 7 nitrogen and oxygen atoms in total. The topological polar surface area (TPSA) is 88.2 Å². The van der Waals surface area contributed by atoms with Gasteiger partial charge in [-0.25, -0.2) is 9.97 Å². The SMILES string of the molecule is Cc1noc([C@H]2C[C@@H](O)CN2c2ncnc3c2CCCC3)n1. The summed E-state index contributed by atoms with van der Waals surface area (Å²) >= 11 is 0. The van der Waals surface area contributed by atoms with Gasteiger partial charge in [-0.15, -0.1) is 0 Å². The zero-order chi connectivity index (χ0) is 15.1. The largest absolute Gasteiger partial charge is 0.391 e. The van der Waals surface area contributed by atoms with Gasteiger partial charge in [-0.2, -0.15) is 4.98 Å². The average molecular weight is 301 g/mol. The summed E-state index contributed by atoms with van der Waals surface area (Å²) in [6.07, 6.45) is 6.14. The van der Waals surface area contributed by atoms with Crippen molar-refractivity contribution < 1.29 is 9.63 Å². The molecule has 0 bridgehead atoms. The molecule has 0 saturated carbocycles. The highest BCUT2D eigenvalue weighted by Crippen LogP contribution is 2.38. The van der Waals surface area contributed by atoms with E-state index in [0.29, 0.717) is 24.7 Å². The molecule has 4 rings (SSSR count). The number of β-amino-alcohol motifs (C(OH)–C–C–N with tert-alkyl or cyclic N) is 1. The van der Waals surface area contributed by atoms with E-state index in [-0.39, 0.29) is 6.04 Å². The molecule has 2 atom stereocenters. The Labute approximate surface area is 128 Å². The van der Waals surface area contributed by atoms with Crippen LogP contribution in [-0.4, -0.2) is 37.9 Å². The van der Waals surface area contributed by atoms with Gasteiger partial charge in [0.1, 0.15) is 18.2 Å². The standard InChI is InChI=1S/C15H19N5O2/c1-9-18-15(22-19-9)13-6-10(21)7-20(13)14-11-4-2-3-5-12(11)16-8-17-14/h8,10,13,21H,2-7H2,1H3/t10-,13-/m1/s1. The van der Waals surface area contributed by atoms with Crippen LogP contribution in [0.15, 0.2) is 10.9 Å². The van der Waals surface area contributed by atoms with Crippen LogP contribution >= 0.6 is 0 Å². The van der Waals surface area contributed by atoms with Crippen molar-refractivity contribution in [1.82, 2.24) is 20.1 Å². The van der Waals surface area contributed by atoms with Crippen molar-refractivity contribution in [2.45, 2.75) is 51.2 Å². The van der Waals surface area contributed by atoms with Crippen molar-refractivity contribution in [3.8, 4) is 0 Å². The maximum absolute atomic E-state index is 10.1. The lowest BCUT2D eigenvalue weighted by atomic mass is 9.96. The van der Waals surface area contributed by atoms with Gasteiger partial charge in [-0.3, -0.25) is 0 Å². The minimum Gasteiger partial charge on any atom is -0.391 e. The van der Waals surface area contributed by atoms with Gasteiger partial charge in [-0.1, -0.05) is 5.16 Å². The van der Waals surface area contributed by atoms with Crippen molar-refractivity contribution in [2.24, 2.45) is 0 Å². The van der Waals surface area contributed by atoms with E-state index in [4.69, 9.17) is 4.52 Å². The molecule has 1 N–H and O–H groups in total. The molecular formula is C15H19N5O2. The second-order valence-corrected chi connectivity index (χ2v) is 6.07. The lowest BCUT2D eigenvalue weighted by molar-refractivity contribution is 0.191. The first-order chi connectivity index (χ1) is 10.7. The van der Waals surface area contributed by atoms with Crippen LogP contribution in [0.5, 0.6) is 0 Å². The first-order valence-corrected chi connectivity index (χ1v) is 7.80.